The number of nitrogens with one attached hydrogen (secondary N) is 1. The van der Waals surface area contributed by atoms with Crippen LogP contribution in [0.2, 0.25) is 0 Å². The molecule has 1 unspecified atom stereocenters. The third-order valence-electron chi connectivity index (χ3n) is 2.15. The summed E-state index contributed by atoms with van der Waals surface area (Å²) in [7, 11) is 0. The van der Waals surface area contributed by atoms with Crippen LogP contribution >= 0.6 is 0 Å². The molecule has 0 saturated carbocycles. The molecule has 4 N–H and O–H groups in total. The Morgan fingerprint density at radius 1 is 1.87 bits per heavy atom. The van der Waals surface area contributed by atoms with Crippen LogP contribution in [-0.2, 0) is 17.6 Å². The molecule has 1 atom stereocenters. The van der Waals surface area contributed by atoms with E-state index in [1.165, 1.54) is 0 Å². The molecule has 1 rings (SSSR count). The van der Waals surface area contributed by atoms with Gasteiger partial charge in [-0.15, -0.1) is 6.42 Å². The van der Waals surface area contributed by atoms with Crippen LogP contribution in [0.5, 0.6) is 0 Å². The molecule has 5 nitrogen and oxygen atoms in total. The second-order valence-corrected chi connectivity index (χ2v) is 3.31. The highest BCUT2D eigenvalue weighted by atomic mass is 16.4. The van der Waals surface area contributed by atoms with Gasteiger partial charge in [0, 0.05) is 18.3 Å². The summed E-state index contributed by atoms with van der Waals surface area (Å²) in [4.78, 5) is 17.8. The quantitative estimate of drug-likeness (QED) is 0.602. The number of aromatic nitrogens is 2. The molecule has 0 aromatic carbocycles. The van der Waals surface area contributed by atoms with Crippen molar-refractivity contribution in [2.75, 3.05) is 0 Å². The van der Waals surface area contributed by atoms with Gasteiger partial charge in [-0.1, -0.05) is 12.8 Å². The minimum atomic E-state index is -1.69. The molecule has 0 fully saturated rings. The lowest BCUT2D eigenvalue weighted by atomic mass is 9.98. The number of hydrogen-bond acceptors (Lipinski definition) is 3. The Hall–Kier alpha value is -1.80. The fourth-order valence-corrected chi connectivity index (χ4v) is 1.13. The molecule has 15 heavy (non-hydrogen) atoms. The second kappa shape index (κ2) is 4.15. The smallest absolute Gasteiger partial charge is 0.336 e. The molecule has 5 heteroatoms. The van der Waals surface area contributed by atoms with Crippen molar-refractivity contribution in [3.05, 3.63) is 17.7 Å². The maximum absolute atomic E-state index is 10.8. The van der Waals surface area contributed by atoms with Crippen molar-refractivity contribution >= 4 is 5.97 Å². The van der Waals surface area contributed by atoms with Gasteiger partial charge in [0.15, 0.2) is 5.54 Å². The number of terminal acetylenes is 1. The number of nitrogens with two attached hydrogens (primary N) is 1. The number of hydrogen-bond donors (Lipinski definition) is 3. The van der Waals surface area contributed by atoms with Gasteiger partial charge in [-0.25, -0.2) is 9.78 Å². The molecular formula is C10H13N3O2. The summed E-state index contributed by atoms with van der Waals surface area (Å²) in [6, 6.07) is 0. The first-order valence-electron chi connectivity index (χ1n) is 4.54. The molecule has 0 amide bonds. The molecule has 0 saturated heterocycles. The van der Waals surface area contributed by atoms with E-state index in [2.05, 4.69) is 15.9 Å². The number of rotatable bonds is 4. The van der Waals surface area contributed by atoms with Crippen LogP contribution in [-0.4, -0.2) is 26.6 Å². The molecule has 80 valence electrons. The van der Waals surface area contributed by atoms with E-state index in [1.807, 2.05) is 6.92 Å². The highest BCUT2D eigenvalue weighted by Gasteiger charge is 2.32. The summed E-state index contributed by atoms with van der Waals surface area (Å²) in [5.74, 6) is 1.34. The molecule has 0 radical (unpaired) electrons. The Morgan fingerprint density at radius 3 is 2.93 bits per heavy atom. The minimum absolute atomic E-state index is 0.00116. The third-order valence-corrected chi connectivity index (χ3v) is 2.15. The predicted octanol–water partition coefficient (Wildman–Crippen LogP) is -0.0701. The first-order chi connectivity index (χ1) is 7.01. The second-order valence-electron chi connectivity index (χ2n) is 3.31. The van der Waals surface area contributed by atoms with Gasteiger partial charge in [0.2, 0.25) is 0 Å². The number of carbonyl (C=O) groups is 1. The predicted molar refractivity (Wildman–Crippen MR) is 55.1 cm³/mol. The van der Waals surface area contributed by atoms with E-state index in [0.29, 0.717) is 5.82 Å². The van der Waals surface area contributed by atoms with E-state index in [0.717, 1.165) is 12.1 Å². The van der Waals surface area contributed by atoms with Crippen LogP contribution in [0.4, 0.5) is 0 Å². The fourth-order valence-electron chi connectivity index (χ4n) is 1.13. The van der Waals surface area contributed by atoms with Gasteiger partial charge in [0.25, 0.3) is 0 Å². The van der Waals surface area contributed by atoms with Gasteiger partial charge in [0.1, 0.15) is 5.82 Å². The van der Waals surface area contributed by atoms with Crippen LogP contribution in [0.15, 0.2) is 6.20 Å². The molecular weight excluding hydrogens is 194 g/mol. The summed E-state index contributed by atoms with van der Waals surface area (Å²) >= 11 is 0. The molecule has 1 heterocycles. The summed E-state index contributed by atoms with van der Waals surface area (Å²) in [5, 5.41) is 8.85. The van der Waals surface area contributed by atoms with Crippen molar-refractivity contribution in [2.24, 2.45) is 5.73 Å². The SMILES string of the molecule is C#CC(N)(Cc1ncc(CC)[nH]1)C(=O)O. The van der Waals surface area contributed by atoms with Crippen LogP contribution in [0.3, 0.4) is 0 Å². The number of aliphatic carboxylic acids is 1. The lowest BCUT2D eigenvalue weighted by molar-refractivity contribution is -0.141. The molecule has 1 aromatic heterocycles. The number of H-pyrrole nitrogens is 1. The molecule has 0 bridgehead atoms. The Labute approximate surface area is 87.7 Å². The average molecular weight is 207 g/mol. The van der Waals surface area contributed by atoms with Gasteiger partial charge in [-0.05, 0) is 6.42 Å². The fraction of sp³-hybridized carbons (Fsp3) is 0.400. The van der Waals surface area contributed by atoms with Gasteiger partial charge in [0.05, 0.1) is 0 Å². The van der Waals surface area contributed by atoms with E-state index >= 15 is 0 Å². The summed E-state index contributed by atoms with van der Waals surface area (Å²) < 4.78 is 0. The normalized spacial score (nSPS) is 14.2. The number of carboxylic acids is 1. The van der Waals surface area contributed by atoms with E-state index in [9.17, 15) is 4.79 Å². The average Bonchev–Trinajstić information content (AvgIpc) is 2.65. The highest BCUT2D eigenvalue weighted by molar-refractivity contribution is 5.83. The molecule has 0 aliphatic carbocycles. The monoisotopic (exact) mass is 207 g/mol. The summed E-state index contributed by atoms with van der Waals surface area (Å²) in [6.07, 6.45) is 7.54. The van der Waals surface area contributed by atoms with Crippen molar-refractivity contribution in [3.8, 4) is 12.3 Å². The zero-order valence-electron chi connectivity index (χ0n) is 8.45. The Balaban J connectivity index is 2.85. The maximum atomic E-state index is 10.8. The number of carboxylic acid groups (broad SMARTS) is 1. The van der Waals surface area contributed by atoms with E-state index in [1.54, 1.807) is 6.20 Å². The first kappa shape index (κ1) is 11.3. The highest BCUT2D eigenvalue weighted by Crippen LogP contribution is 2.08. The Kier molecular flexibility index (Phi) is 3.12. The van der Waals surface area contributed by atoms with E-state index in [4.69, 9.17) is 17.3 Å². The number of imidazole rings is 1. The van der Waals surface area contributed by atoms with Crippen molar-refractivity contribution in [3.63, 3.8) is 0 Å². The topological polar surface area (TPSA) is 92.0 Å². The summed E-state index contributed by atoms with van der Waals surface area (Å²) in [6.45, 7) is 1.96. The van der Waals surface area contributed by atoms with Crippen LogP contribution in [0, 0.1) is 12.3 Å². The van der Waals surface area contributed by atoms with Crippen molar-refractivity contribution < 1.29 is 9.90 Å². The van der Waals surface area contributed by atoms with Crippen LogP contribution < -0.4 is 5.73 Å². The zero-order valence-corrected chi connectivity index (χ0v) is 8.45. The number of aryl methyl sites for hydroxylation is 1. The largest absolute Gasteiger partial charge is 0.479 e. The van der Waals surface area contributed by atoms with E-state index in [-0.39, 0.29) is 6.42 Å². The van der Waals surface area contributed by atoms with Crippen LogP contribution in [0.25, 0.3) is 0 Å². The minimum Gasteiger partial charge on any atom is -0.479 e. The van der Waals surface area contributed by atoms with Crippen molar-refractivity contribution in [1.29, 1.82) is 0 Å². The molecule has 0 aliphatic heterocycles. The summed E-state index contributed by atoms with van der Waals surface area (Å²) in [5.41, 5.74) is 4.76. The molecule has 0 spiro atoms. The maximum Gasteiger partial charge on any atom is 0.336 e. The van der Waals surface area contributed by atoms with Gasteiger partial charge in [-0.2, -0.15) is 0 Å². The zero-order chi connectivity index (χ0) is 11.5. The molecule has 0 aliphatic rings. The van der Waals surface area contributed by atoms with Gasteiger partial charge < -0.3 is 15.8 Å². The van der Waals surface area contributed by atoms with Crippen LogP contribution in [0.1, 0.15) is 18.4 Å². The Morgan fingerprint density at radius 2 is 2.53 bits per heavy atom. The van der Waals surface area contributed by atoms with Gasteiger partial charge >= 0.3 is 5.97 Å². The lowest BCUT2D eigenvalue weighted by Crippen LogP contribution is -2.48. The van der Waals surface area contributed by atoms with E-state index < -0.39 is 11.5 Å². The Bertz CT molecular complexity index is 405. The van der Waals surface area contributed by atoms with Crippen molar-refractivity contribution in [1.82, 2.24) is 9.97 Å². The lowest BCUT2D eigenvalue weighted by Gasteiger charge is -2.15. The standard InChI is InChI=1S/C10H13N3O2/c1-3-7-6-12-8(13-7)5-10(11,4-2)9(14)15/h2,6H,3,5,11H2,1H3,(H,12,13)(H,14,15). The van der Waals surface area contributed by atoms with Crippen molar-refractivity contribution in [2.45, 2.75) is 25.3 Å². The first-order valence-corrected chi connectivity index (χ1v) is 4.54. The third kappa shape index (κ3) is 2.36. The number of aromatic amines is 1. The molecule has 1 aromatic rings. The number of nitrogens with zero attached hydrogens (tertiary/aromatic N) is 1. The van der Waals surface area contributed by atoms with Gasteiger partial charge in [-0.3, -0.25) is 0 Å².